The van der Waals surface area contributed by atoms with Crippen LogP contribution in [0.25, 0.3) is 6.08 Å². The first kappa shape index (κ1) is 18.2. The van der Waals surface area contributed by atoms with Crippen LogP contribution in [-0.4, -0.2) is 27.3 Å². The Morgan fingerprint density at radius 3 is 2.72 bits per heavy atom. The van der Waals surface area contributed by atoms with E-state index in [2.05, 4.69) is 6.07 Å². The van der Waals surface area contributed by atoms with Crippen LogP contribution >= 0.6 is 0 Å². The molecule has 3 rings (SSSR count). The van der Waals surface area contributed by atoms with Crippen LogP contribution in [0.2, 0.25) is 0 Å². The van der Waals surface area contributed by atoms with Crippen molar-refractivity contribution >= 4 is 29.0 Å². The number of benzene rings is 1. The first-order chi connectivity index (χ1) is 12.1. The number of thiol groups is 1. The van der Waals surface area contributed by atoms with Crippen molar-refractivity contribution in [1.29, 1.82) is 0 Å². The molecule has 4 nitrogen and oxygen atoms in total. The van der Waals surface area contributed by atoms with E-state index in [1.54, 1.807) is 0 Å². The average Bonchev–Trinajstić information content (AvgIpc) is 2.91. The SMILES string of the molecule is Cc1cc(/C=C2\[SH+]C(=[OH+])[NH2+]C2=[OH+])ccc1OCCCC1CCCCC1. The maximum Gasteiger partial charge on any atom is 0.704 e. The summed E-state index contributed by atoms with van der Waals surface area (Å²) in [6.07, 6.45) is 11.3. The first-order valence-electron chi connectivity index (χ1n) is 9.25. The zero-order chi connectivity index (χ0) is 17.6. The molecule has 0 unspecified atom stereocenters. The molecule has 2 amide bonds. The molecule has 2 fully saturated rings. The summed E-state index contributed by atoms with van der Waals surface area (Å²) in [4.78, 5) is 20.0. The number of ether oxygens (including phenoxy) is 1. The van der Waals surface area contributed by atoms with E-state index >= 15 is 0 Å². The van der Waals surface area contributed by atoms with Gasteiger partial charge in [-0.05, 0) is 48.9 Å². The third-order valence-electron chi connectivity index (χ3n) is 5.00. The number of primary amides is 2. The van der Waals surface area contributed by atoms with E-state index in [1.165, 1.54) is 43.8 Å². The number of quaternary nitrogens is 1. The minimum atomic E-state index is 0.139. The van der Waals surface area contributed by atoms with E-state index in [4.69, 9.17) is 4.74 Å². The quantitative estimate of drug-likeness (QED) is 0.359. The molecular weight excluding hydrogens is 334 g/mol. The van der Waals surface area contributed by atoms with Gasteiger partial charge in [-0.3, -0.25) is 0 Å². The topological polar surface area (TPSA) is 68.6 Å². The van der Waals surface area contributed by atoms with Gasteiger partial charge in [0.15, 0.2) is 0 Å². The number of hydrogen-bond acceptors (Lipinski definition) is 1. The van der Waals surface area contributed by atoms with E-state index < -0.39 is 0 Å². The molecule has 2 aliphatic rings. The van der Waals surface area contributed by atoms with Crippen LogP contribution in [0.4, 0.5) is 0 Å². The van der Waals surface area contributed by atoms with Crippen molar-refractivity contribution in [2.75, 3.05) is 6.61 Å². The minimum Gasteiger partial charge on any atom is -0.493 e. The molecule has 0 aromatic heterocycles. The lowest BCUT2D eigenvalue weighted by molar-refractivity contribution is -0.412. The predicted octanol–water partition coefficient (Wildman–Crippen LogP) is 2.43. The zero-order valence-electron chi connectivity index (χ0n) is 14.9. The van der Waals surface area contributed by atoms with Crippen molar-refractivity contribution in [2.24, 2.45) is 5.92 Å². The largest absolute Gasteiger partial charge is 0.704 e. The molecule has 134 valence electrons. The summed E-state index contributed by atoms with van der Waals surface area (Å²) in [5.74, 6) is 1.98. The van der Waals surface area contributed by atoms with Gasteiger partial charge in [-0.2, -0.15) is 4.79 Å². The number of rotatable bonds is 6. The van der Waals surface area contributed by atoms with E-state index in [9.17, 15) is 9.59 Å². The van der Waals surface area contributed by atoms with Crippen molar-refractivity contribution in [1.82, 2.24) is 0 Å². The monoisotopic (exact) mass is 363 g/mol. The summed E-state index contributed by atoms with van der Waals surface area (Å²) in [6.45, 7) is 2.83. The highest BCUT2D eigenvalue weighted by Gasteiger charge is 2.52. The molecule has 4 N–H and O–H groups in total. The first-order valence-corrected chi connectivity index (χ1v) is 10.1. The second kappa shape index (κ2) is 8.68. The second-order valence-electron chi connectivity index (χ2n) is 7.05. The molecular formula is C20H29NO3S+4. The Bertz CT molecular complexity index is 678. The average molecular weight is 364 g/mol. The summed E-state index contributed by atoms with van der Waals surface area (Å²) in [7, 11) is 0. The molecule has 1 aliphatic heterocycles. The van der Waals surface area contributed by atoms with Crippen LogP contribution < -0.4 is 10.1 Å². The van der Waals surface area contributed by atoms with Gasteiger partial charge in [-0.1, -0.05) is 43.5 Å². The zero-order valence-corrected chi connectivity index (χ0v) is 15.8. The van der Waals surface area contributed by atoms with Gasteiger partial charge in [0.1, 0.15) is 5.75 Å². The highest BCUT2D eigenvalue weighted by Crippen LogP contribution is 2.27. The molecule has 1 aliphatic carbocycles. The summed E-state index contributed by atoms with van der Waals surface area (Å²) >= 11 is 0.652. The van der Waals surface area contributed by atoms with Crippen molar-refractivity contribution < 1.29 is 19.6 Å². The molecule has 0 bridgehead atoms. The molecule has 1 aromatic carbocycles. The summed E-state index contributed by atoms with van der Waals surface area (Å²) in [5.41, 5.74) is 2.10. The van der Waals surface area contributed by atoms with Crippen molar-refractivity contribution in [2.45, 2.75) is 51.9 Å². The highest BCUT2D eigenvalue weighted by molar-refractivity contribution is 7.99. The Balaban J connectivity index is 1.50. The van der Waals surface area contributed by atoms with Crippen LogP contribution in [0.1, 0.15) is 56.1 Å². The number of hydrogen-bond donors (Lipinski definition) is 1. The number of amides is 2. The number of nitrogens with two attached hydrogens (primary N) is 1. The minimum absolute atomic E-state index is 0.139. The van der Waals surface area contributed by atoms with E-state index in [1.807, 2.05) is 25.1 Å². The molecule has 1 heterocycles. The van der Waals surface area contributed by atoms with E-state index in [0.717, 1.165) is 40.7 Å². The van der Waals surface area contributed by atoms with Crippen LogP contribution in [-0.2, 0) is 11.8 Å². The van der Waals surface area contributed by atoms with Gasteiger partial charge < -0.3 is 4.74 Å². The Labute approximate surface area is 153 Å². The Morgan fingerprint density at radius 2 is 2.04 bits per heavy atom. The van der Waals surface area contributed by atoms with Crippen molar-refractivity contribution in [3.05, 3.63) is 34.2 Å². The fourth-order valence-corrected chi connectivity index (χ4v) is 4.45. The fraction of sp³-hybridized carbons (Fsp3) is 0.500. The smallest absolute Gasteiger partial charge is 0.493 e. The van der Waals surface area contributed by atoms with Crippen molar-refractivity contribution in [3.63, 3.8) is 0 Å². The van der Waals surface area contributed by atoms with E-state index in [-0.39, 0.29) is 11.1 Å². The molecule has 1 saturated carbocycles. The second-order valence-corrected chi connectivity index (χ2v) is 8.21. The molecule has 0 atom stereocenters. The molecule has 0 spiro atoms. The lowest BCUT2D eigenvalue weighted by Gasteiger charge is -2.21. The highest BCUT2D eigenvalue weighted by atomic mass is 32.2. The Kier molecular flexibility index (Phi) is 6.32. The van der Waals surface area contributed by atoms with Crippen LogP contribution in [0.5, 0.6) is 5.75 Å². The lowest BCUT2D eigenvalue weighted by Crippen LogP contribution is -2.88. The Hall–Kier alpha value is -1.59. The Morgan fingerprint density at radius 1 is 1.24 bits per heavy atom. The maximum absolute atomic E-state index is 9.78. The normalized spacial score (nSPS) is 20.4. The van der Waals surface area contributed by atoms with Crippen LogP contribution in [0, 0.1) is 12.8 Å². The van der Waals surface area contributed by atoms with E-state index in [0.29, 0.717) is 11.8 Å². The summed E-state index contributed by atoms with van der Waals surface area (Å²) in [6, 6.07) is 6.05. The van der Waals surface area contributed by atoms with Crippen LogP contribution in [0.15, 0.2) is 23.1 Å². The van der Waals surface area contributed by atoms with Gasteiger partial charge >= 0.3 is 16.1 Å². The van der Waals surface area contributed by atoms with Crippen molar-refractivity contribution in [3.8, 4) is 5.75 Å². The van der Waals surface area contributed by atoms with Gasteiger partial charge in [0.2, 0.25) is 11.8 Å². The standard InChI is InChI=1S/C20H25NO3S/c1-14-12-16(13-18-19(22)21-20(23)25-18)9-10-17(14)24-11-5-8-15-6-3-2-4-7-15/h9-10,12-13,15H,2-8,11H2,1H3,(H,21,22,23)/p+4/b18-13-. The number of carbonyl (C=O) groups excluding carboxylic acids is 2. The molecule has 1 aromatic rings. The summed E-state index contributed by atoms with van der Waals surface area (Å²) < 4.78 is 5.96. The fourth-order valence-electron chi connectivity index (χ4n) is 3.63. The maximum atomic E-state index is 9.78. The predicted molar refractivity (Wildman–Crippen MR) is 105 cm³/mol. The molecule has 0 radical (unpaired) electrons. The van der Waals surface area contributed by atoms with Gasteiger partial charge in [0.05, 0.1) is 6.61 Å². The molecule has 1 saturated heterocycles. The number of imide groups is 1. The van der Waals surface area contributed by atoms with Gasteiger partial charge in [-0.25, -0.2) is 4.79 Å². The van der Waals surface area contributed by atoms with Gasteiger partial charge in [-0.15, -0.1) is 0 Å². The van der Waals surface area contributed by atoms with Crippen LogP contribution in [0.3, 0.4) is 0 Å². The van der Waals surface area contributed by atoms with Gasteiger partial charge in [0.25, 0.3) is 0 Å². The molecule has 5 heteroatoms. The number of aryl methyl sites for hydroxylation is 1. The molecule has 25 heavy (non-hydrogen) atoms. The lowest BCUT2D eigenvalue weighted by atomic mass is 9.86. The third kappa shape index (κ3) is 5.19. The summed E-state index contributed by atoms with van der Waals surface area (Å²) in [5, 5.41) is 1.57. The third-order valence-corrected chi connectivity index (χ3v) is 5.96. The van der Waals surface area contributed by atoms with Gasteiger partial charge in [0, 0.05) is 6.08 Å².